The van der Waals surface area contributed by atoms with Crippen molar-refractivity contribution in [1.29, 1.82) is 0 Å². The number of hydrogen-bond acceptors (Lipinski definition) is 4. The lowest BCUT2D eigenvalue weighted by Crippen LogP contribution is -2.45. The van der Waals surface area contributed by atoms with E-state index in [1.165, 1.54) is 20.6 Å². The summed E-state index contributed by atoms with van der Waals surface area (Å²) in [4.78, 5) is 13.3. The minimum atomic E-state index is -0.509. The quantitative estimate of drug-likeness (QED) is 0.607. The van der Waals surface area contributed by atoms with Crippen LogP contribution >= 0.6 is 0 Å². The number of carbonyl (C=O) groups excluding carboxylic acids is 1. The molecule has 1 rings (SSSR count). The number of nitrogens with zero attached hydrogens (tertiary/aromatic N) is 1. The molecule has 0 aromatic rings. The van der Waals surface area contributed by atoms with Crippen LogP contribution in [0.1, 0.15) is 19.3 Å². The Kier molecular flexibility index (Phi) is 4.18. The van der Waals surface area contributed by atoms with Gasteiger partial charge in [-0.15, -0.1) is 0 Å². The lowest BCUT2D eigenvalue weighted by atomic mass is 10.1. The van der Waals surface area contributed by atoms with Crippen LogP contribution in [0.25, 0.3) is 0 Å². The number of methoxy groups -OCH3 is 2. The maximum absolute atomic E-state index is 11.3. The first-order valence-corrected chi connectivity index (χ1v) is 4.64. The second-order valence-corrected chi connectivity index (χ2v) is 3.21. The van der Waals surface area contributed by atoms with Crippen LogP contribution in [0.3, 0.4) is 0 Å². The SMILES string of the molecule is COC(=O)C(OC)N1CCCCC1. The van der Waals surface area contributed by atoms with Gasteiger partial charge >= 0.3 is 5.97 Å². The Morgan fingerprint density at radius 1 is 1.23 bits per heavy atom. The van der Waals surface area contributed by atoms with Crippen LogP contribution in [-0.2, 0) is 14.3 Å². The Bertz CT molecular complexity index is 166. The molecule has 0 radical (unpaired) electrons. The molecule has 13 heavy (non-hydrogen) atoms. The molecule has 0 aromatic carbocycles. The van der Waals surface area contributed by atoms with E-state index < -0.39 is 6.23 Å². The van der Waals surface area contributed by atoms with Crippen LogP contribution in [-0.4, -0.2) is 44.4 Å². The summed E-state index contributed by atoms with van der Waals surface area (Å²) in [6.07, 6.45) is 3.01. The van der Waals surface area contributed by atoms with Gasteiger partial charge < -0.3 is 9.47 Å². The molecule has 1 unspecified atom stereocenters. The Labute approximate surface area is 78.8 Å². The minimum Gasteiger partial charge on any atom is -0.466 e. The molecule has 0 spiro atoms. The van der Waals surface area contributed by atoms with Crippen molar-refractivity contribution in [2.24, 2.45) is 0 Å². The van der Waals surface area contributed by atoms with E-state index in [1.807, 2.05) is 4.90 Å². The second-order valence-electron chi connectivity index (χ2n) is 3.21. The number of ether oxygens (including phenoxy) is 2. The van der Waals surface area contributed by atoms with Crippen molar-refractivity contribution in [1.82, 2.24) is 4.90 Å². The summed E-state index contributed by atoms with van der Waals surface area (Å²) in [5, 5.41) is 0. The predicted octanol–water partition coefficient (Wildman–Crippen LogP) is 0.618. The Morgan fingerprint density at radius 2 is 1.85 bits per heavy atom. The molecule has 1 aliphatic heterocycles. The van der Waals surface area contributed by atoms with Gasteiger partial charge in [0.1, 0.15) is 0 Å². The lowest BCUT2D eigenvalue weighted by Gasteiger charge is -2.31. The van der Waals surface area contributed by atoms with E-state index in [0.29, 0.717) is 0 Å². The third-order valence-corrected chi connectivity index (χ3v) is 2.35. The van der Waals surface area contributed by atoms with E-state index in [9.17, 15) is 4.79 Å². The summed E-state index contributed by atoms with van der Waals surface area (Å²) in [6, 6.07) is 0. The average molecular weight is 187 g/mol. The van der Waals surface area contributed by atoms with Crippen LogP contribution in [0.15, 0.2) is 0 Å². The van der Waals surface area contributed by atoms with Crippen LogP contribution in [0.2, 0.25) is 0 Å². The zero-order valence-corrected chi connectivity index (χ0v) is 8.28. The first-order chi connectivity index (χ1) is 6.29. The van der Waals surface area contributed by atoms with E-state index in [4.69, 9.17) is 4.74 Å². The Hall–Kier alpha value is -0.610. The molecule has 0 bridgehead atoms. The maximum Gasteiger partial charge on any atom is 0.350 e. The van der Waals surface area contributed by atoms with E-state index in [-0.39, 0.29) is 5.97 Å². The van der Waals surface area contributed by atoms with Crippen molar-refractivity contribution in [2.75, 3.05) is 27.3 Å². The van der Waals surface area contributed by atoms with Gasteiger partial charge in [0.15, 0.2) is 0 Å². The minimum absolute atomic E-state index is 0.301. The Balaban J connectivity index is 2.48. The highest BCUT2D eigenvalue weighted by Gasteiger charge is 2.27. The van der Waals surface area contributed by atoms with Gasteiger partial charge in [-0.2, -0.15) is 0 Å². The van der Waals surface area contributed by atoms with Gasteiger partial charge in [0.25, 0.3) is 0 Å². The van der Waals surface area contributed by atoms with E-state index in [2.05, 4.69) is 4.74 Å². The molecule has 1 aliphatic rings. The predicted molar refractivity (Wildman–Crippen MR) is 48.2 cm³/mol. The van der Waals surface area contributed by atoms with Crippen molar-refractivity contribution in [3.8, 4) is 0 Å². The standard InChI is InChI=1S/C9H17NO3/c1-12-8(9(11)13-2)10-6-4-3-5-7-10/h8H,3-7H2,1-2H3. The van der Waals surface area contributed by atoms with Crippen molar-refractivity contribution >= 4 is 5.97 Å². The molecule has 76 valence electrons. The van der Waals surface area contributed by atoms with Gasteiger partial charge in [0, 0.05) is 20.2 Å². The molecule has 4 heteroatoms. The zero-order valence-electron chi connectivity index (χ0n) is 8.28. The molecule has 0 amide bonds. The number of carbonyl (C=O) groups is 1. The third-order valence-electron chi connectivity index (χ3n) is 2.35. The highest BCUT2D eigenvalue weighted by Crippen LogP contribution is 2.13. The first kappa shape index (κ1) is 10.5. The highest BCUT2D eigenvalue weighted by molar-refractivity contribution is 5.74. The summed E-state index contributed by atoms with van der Waals surface area (Å²) in [5.74, 6) is -0.301. The van der Waals surface area contributed by atoms with Crippen molar-refractivity contribution < 1.29 is 14.3 Å². The summed E-state index contributed by atoms with van der Waals surface area (Å²) in [7, 11) is 2.93. The number of rotatable bonds is 3. The smallest absolute Gasteiger partial charge is 0.350 e. The van der Waals surface area contributed by atoms with Gasteiger partial charge in [-0.3, -0.25) is 4.90 Å². The molecule has 0 aromatic heterocycles. The normalized spacial score (nSPS) is 21.1. The zero-order chi connectivity index (χ0) is 9.68. The molecule has 1 atom stereocenters. The molecule has 4 nitrogen and oxygen atoms in total. The summed E-state index contributed by atoms with van der Waals surface area (Å²) in [5.41, 5.74) is 0. The number of esters is 1. The Morgan fingerprint density at radius 3 is 2.31 bits per heavy atom. The summed E-state index contributed by atoms with van der Waals surface area (Å²) >= 11 is 0. The van der Waals surface area contributed by atoms with Crippen molar-refractivity contribution in [3.05, 3.63) is 0 Å². The van der Waals surface area contributed by atoms with Gasteiger partial charge in [0.05, 0.1) is 7.11 Å². The van der Waals surface area contributed by atoms with Gasteiger partial charge in [-0.25, -0.2) is 4.79 Å². The lowest BCUT2D eigenvalue weighted by molar-refractivity contribution is -0.166. The molecule has 0 N–H and O–H groups in total. The number of hydrogen-bond donors (Lipinski definition) is 0. The fourth-order valence-electron chi connectivity index (χ4n) is 1.65. The van der Waals surface area contributed by atoms with Crippen LogP contribution in [0, 0.1) is 0 Å². The average Bonchev–Trinajstić information content (AvgIpc) is 2.20. The summed E-state index contributed by atoms with van der Waals surface area (Å²) in [6.45, 7) is 1.85. The van der Waals surface area contributed by atoms with E-state index in [0.717, 1.165) is 25.9 Å². The van der Waals surface area contributed by atoms with Crippen molar-refractivity contribution in [3.63, 3.8) is 0 Å². The third kappa shape index (κ3) is 2.67. The highest BCUT2D eigenvalue weighted by atomic mass is 16.6. The summed E-state index contributed by atoms with van der Waals surface area (Å²) < 4.78 is 9.74. The number of likely N-dealkylation sites (tertiary alicyclic amines) is 1. The molecular formula is C9H17NO3. The van der Waals surface area contributed by atoms with Gasteiger partial charge in [-0.1, -0.05) is 6.42 Å². The second kappa shape index (κ2) is 5.19. The molecule has 1 heterocycles. The van der Waals surface area contributed by atoms with Crippen molar-refractivity contribution in [2.45, 2.75) is 25.5 Å². The molecular weight excluding hydrogens is 170 g/mol. The van der Waals surface area contributed by atoms with Crippen LogP contribution in [0.5, 0.6) is 0 Å². The number of piperidine rings is 1. The fourth-order valence-corrected chi connectivity index (χ4v) is 1.65. The van der Waals surface area contributed by atoms with Crippen LogP contribution in [0.4, 0.5) is 0 Å². The molecule has 0 aliphatic carbocycles. The largest absolute Gasteiger partial charge is 0.466 e. The monoisotopic (exact) mass is 187 g/mol. The molecule has 0 saturated carbocycles. The first-order valence-electron chi connectivity index (χ1n) is 4.64. The van der Waals surface area contributed by atoms with E-state index in [1.54, 1.807) is 0 Å². The van der Waals surface area contributed by atoms with Gasteiger partial charge in [-0.05, 0) is 12.8 Å². The molecule has 1 saturated heterocycles. The maximum atomic E-state index is 11.3. The molecule has 1 fully saturated rings. The van der Waals surface area contributed by atoms with Crippen LogP contribution < -0.4 is 0 Å². The fraction of sp³-hybridized carbons (Fsp3) is 0.889. The van der Waals surface area contributed by atoms with E-state index >= 15 is 0 Å². The topological polar surface area (TPSA) is 38.8 Å². The van der Waals surface area contributed by atoms with Gasteiger partial charge in [0.2, 0.25) is 6.23 Å².